The molecule has 0 unspecified atom stereocenters. The van der Waals surface area contributed by atoms with Crippen molar-refractivity contribution in [2.75, 3.05) is 26.5 Å². The second-order valence-electron chi connectivity index (χ2n) is 7.64. The average molecular weight is 437 g/mol. The van der Waals surface area contributed by atoms with Gasteiger partial charge in [-0.2, -0.15) is 0 Å². The Balaban J connectivity index is 1.67. The predicted molar refractivity (Wildman–Crippen MR) is 116 cm³/mol. The van der Waals surface area contributed by atoms with E-state index in [1.807, 2.05) is 32.9 Å². The number of carbonyl (C=O) groups is 2. The summed E-state index contributed by atoms with van der Waals surface area (Å²) in [6.45, 7) is 6.28. The molecular weight excluding hydrogens is 412 g/mol. The number of aliphatic hydroxyl groups is 1. The van der Waals surface area contributed by atoms with E-state index in [-0.39, 0.29) is 44.7 Å². The van der Waals surface area contributed by atoms with Gasteiger partial charge in [-0.1, -0.05) is 30.0 Å². The van der Waals surface area contributed by atoms with Crippen molar-refractivity contribution in [3.8, 4) is 11.5 Å². The van der Waals surface area contributed by atoms with E-state index >= 15 is 0 Å². The lowest BCUT2D eigenvalue weighted by atomic mass is 10.1. The van der Waals surface area contributed by atoms with Gasteiger partial charge in [0.2, 0.25) is 12.7 Å². The molecule has 2 aliphatic rings. The fourth-order valence-corrected chi connectivity index (χ4v) is 4.43. The van der Waals surface area contributed by atoms with Crippen molar-refractivity contribution in [3.05, 3.63) is 28.7 Å². The number of thiocarbonyl (C=S) groups is 1. The van der Waals surface area contributed by atoms with Gasteiger partial charge in [-0.15, -0.1) is 0 Å². The third kappa shape index (κ3) is 4.91. The molecule has 1 N–H and O–H groups in total. The average Bonchev–Trinajstić information content (AvgIpc) is 3.21. The third-order valence-electron chi connectivity index (χ3n) is 4.55. The summed E-state index contributed by atoms with van der Waals surface area (Å²) in [5.74, 6) is 0.987. The summed E-state index contributed by atoms with van der Waals surface area (Å²) in [5, 5.41) is 9.24. The maximum atomic E-state index is 12.8. The first-order valence-electron chi connectivity index (χ1n) is 9.27. The lowest BCUT2D eigenvalue weighted by molar-refractivity contribution is -0.137. The van der Waals surface area contributed by atoms with Gasteiger partial charge in [-0.3, -0.25) is 14.5 Å². The van der Waals surface area contributed by atoms with E-state index in [0.717, 1.165) is 5.56 Å². The van der Waals surface area contributed by atoms with Crippen LogP contribution >= 0.6 is 24.0 Å². The zero-order valence-electron chi connectivity index (χ0n) is 16.6. The largest absolute Gasteiger partial charge is 0.454 e. The number of rotatable bonds is 6. The first-order chi connectivity index (χ1) is 13.7. The molecule has 0 spiro atoms. The molecule has 1 saturated heterocycles. The molecule has 0 aromatic heterocycles. The SMILES string of the molecule is CC(C)(C)N(CCO)C(=O)CCN1C(=O)/C(=C/c2ccc3c(c2)OCO3)SC1=S. The summed E-state index contributed by atoms with van der Waals surface area (Å²) in [6, 6.07) is 5.46. The number of amides is 2. The summed E-state index contributed by atoms with van der Waals surface area (Å²) in [5.41, 5.74) is 0.404. The highest BCUT2D eigenvalue weighted by molar-refractivity contribution is 8.26. The standard InChI is InChI=1S/C20H24N2O5S2/c1-20(2,3)22(8-9-23)17(24)6-7-21-18(25)16(29-19(21)28)11-13-4-5-14-15(10-13)27-12-26-14/h4-5,10-11,23H,6-9,12H2,1-3H3/b16-11-. The van der Waals surface area contributed by atoms with Crippen LogP contribution in [0.25, 0.3) is 6.08 Å². The highest BCUT2D eigenvalue weighted by Gasteiger charge is 2.33. The van der Waals surface area contributed by atoms with Crippen LogP contribution in [-0.4, -0.2) is 63.1 Å². The Morgan fingerprint density at radius 1 is 1.34 bits per heavy atom. The zero-order chi connectivity index (χ0) is 21.2. The molecule has 2 amide bonds. The van der Waals surface area contributed by atoms with Gasteiger partial charge in [0.25, 0.3) is 5.91 Å². The summed E-state index contributed by atoms with van der Waals surface area (Å²) in [7, 11) is 0. The number of hydrogen-bond acceptors (Lipinski definition) is 7. The molecule has 1 aromatic carbocycles. The summed E-state index contributed by atoms with van der Waals surface area (Å²) in [6.07, 6.45) is 1.90. The molecule has 7 nitrogen and oxygen atoms in total. The Bertz CT molecular complexity index is 863. The van der Waals surface area contributed by atoms with Crippen LogP contribution in [0.1, 0.15) is 32.8 Å². The van der Waals surface area contributed by atoms with Crippen LogP contribution in [0.3, 0.4) is 0 Å². The van der Waals surface area contributed by atoms with E-state index in [0.29, 0.717) is 20.7 Å². The molecule has 0 saturated carbocycles. The van der Waals surface area contributed by atoms with Gasteiger partial charge in [0, 0.05) is 25.0 Å². The Kier molecular flexibility index (Phi) is 6.50. The number of hydrogen-bond donors (Lipinski definition) is 1. The van der Waals surface area contributed by atoms with Crippen LogP contribution in [0, 0.1) is 0 Å². The third-order valence-corrected chi connectivity index (χ3v) is 5.93. The normalized spacial score (nSPS) is 17.4. The second-order valence-corrected chi connectivity index (χ2v) is 9.31. The van der Waals surface area contributed by atoms with Crippen LogP contribution < -0.4 is 9.47 Å². The minimum atomic E-state index is -0.408. The Hall–Kier alpha value is -2.10. The van der Waals surface area contributed by atoms with E-state index in [9.17, 15) is 14.7 Å². The molecule has 156 valence electrons. The minimum absolute atomic E-state index is 0.109. The highest BCUT2D eigenvalue weighted by Crippen LogP contribution is 2.36. The molecule has 1 aromatic rings. The van der Waals surface area contributed by atoms with Crippen molar-refractivity contribution in [2.24, 2.45) is 0 Å². The van der Waals surface area contributed by atoms with Crippen LogP contribution in [0.5, 0.6) is 11.5 Å². The maximum absolute atomic E-state index is 12.8. The molecular formula is C20H24N2O5S2. The van der Waals surface area contributed by atoms with E-state index in [4.69, 9.17) is 21.7 Å². The molecule has 9 heteroatoms. The molecule has 2 heterocycles. The molecule has 29 heavy (non-hydrogen) atoms. The molecule has 0 atom stereocenters. The van der Waals surface area contributed by atoms with E-state index in [2.05, 4.69) is 0 Å². The number of ether oxygens (including phenoxy) is 2. The van der Waals surface area contributed by atoms with Crippen molar-refractivity contribution >= 4 is 46.2 Å². The van der Waals surface area contributed by atoms with Crippen molar-refractivity contribution in [1.29, 1.82) is 0 Å². The summed E-state index contributed by atoms with van der Waals surface area (Å²) in [4.78, 5) is 29.0. The van der Waals surface area contributed by atoms with Crippen molar-refractivity contribution in [2.45, 2.75) is 32.7 Å². The highest BCUT2D eigenvalue weighted by atomic mass is 32.2. The lowest BCUT2D eigenvalue weighted by Gasteiger charge is -2.35. The van der Waals surface area contributed by atoms with Crippen LogP contribution in [0.15, 0.2) is 23.1 Å². The quantitative estimate of drug-likeness (QED) is 0.542. The first kappa shape index (κ1) is 21.6. The molecule has 3 rings (SSSR count). The maximum Gasteiger partial charge on any atom is 0.266 e. The second kappa shape index (κ2) is 8.73. The van der Waals surface area contributed by atoms with Gasteiger partial charge in [-0.25, -0.2) is 0 Å². The molecule has 2 aliphatic heterocycles. The van der Waals surface area contributed by atoms with Gasteiger partial charge in [0.05, 0.1) is 11.5 Å². The van der Waals surface area contributed by atoms with Crippen molar-refractivity contribution in [1.82, 2.24) is 9.80 Å². The number of nitrogens with zero attached hydrogens (tertiary/aromatic N) is 2. The van der Waals surface area contributed by atoms with Gasteiger partial charge >= 0.3 is 0 Å². The predicted octanol–water partition coefficient (Wildman–Crippen LogP) is 2.63. The number of aliphatic hydroxyl groups excluding tert-OH is 1. The fourth-order valence-electron chi connectivity index (χ4n) is 3.12. The Morgan fingerprint density at radius 3 is 2.76 bits per heavy atom. The molecule has 0 aliphatic carbocycles. The van der Waals surface area contributed by atoms with Crippen LogP contribution in [0.4, 0.5) is 0 Å². The van der Waals surface area contributed by atoms with Crippen molar-refractivity contribution < 1.29 is 24.2 Å². The van der Waals surface area contributed by atoms with Gasteiger partial charge < -0.3 is 19.5 Å². The zero-order valence-corrected chi connectivity index (χ0v) is 18.3. The van der Waals surface area contributed by atoms with Gasteiger partial charge in [0.1, 0.15) is 4.32 Å². The van der Waals surface area contributed by atoms with Crippen molar-refractivity contribution in [3.63, 3.8) is 0 Å². The van der Waals surface area contributed by atoms with E-state index < -0.39 is 5.54 Å². The molecule has 1 fully saturated rings. The topological polar surface area (TPSA) is 79.3 Å². The summed E-state index contributed by atoms with van der Waals surface area (Å²) < 4.78 is 11.1. The fraction of sp³-hybridized carbons (Fsp3) is 0.450. The monoisotopic (exact) mass is 436 g/mol. The number of β-amino-alcohol motifs (C(OH)–C–C–N with tert-alkyl or cyclic N) is 1. The Morgan fingerprint density at radius 2 is 2.07 bits per heavy atom. The molecule has 0 bridgehead atoms. The van der Waals surface area contributed by atoms with Gasteiger partial charge in [-0.05, 0) is 44.5 Å². The summed E-state index contributed by atoms with van der Waals surface area (Å²) >= 11 is 6.57. The lowest BCUT2D eigenvalue weighted by Crippen LogP contribution is -2.48. The van der Waals surface area contributed by atoms with Gasteiger partial charge in [0.15, 0.2) is 11.5 Å². The van der Waals surface area contributed by atoms with Crippen LogP contribution in [0.2, 0.25) is 0 Å². The minimum Gasteiger partial charge on any atom is -0.454 e. The van der Waals surface area contributed by atoms with E-state index in [1.54, 1.807) is 17.0 Å². The number of fused-ring (bicyclic) bond motifs is 1. The Labute approximate surface area is 179 Å². The number of carbonyl (C=O) groups excluding carboxylic acids is 2. The first-order valence-corrected chi connectivity index (χ1v) is 10.5. The number of benzene rings is 1. The van der Waals surface area contributed by atoms with E-state index in [1.165, 1.54) is 16.7 Å². The number of thioether (sulfide) groups is 1. The molecule has 0 radical (unpaired) electrons. The van der Waals surface area contributed by atoms with Crippen LogP contribution in [-0.2, 0) is 9.59 Å². The smallest absolute Gasteiger partial charge is 0.266 e.